The third-order valence-electron chi connectivity index (χ3n) is 1.32. The number of aliphatic hydroxyl groups is 3. The molecule has 5 heteroatoms. The molecule has 0 aromatic carbocycles. The molecule has 90 valence electrons. The molecule has 0 aromatic heterocycles. The highest BCUT2D eigenvalue weighted by Crippen LogP contribution is 1.88. The molecule has 0 radical (unpaired) electrons. The van der Waals surface area contributed by atoms with Crippen LogP contribution in [0.25, 0.3) is 0 Å². The first kappa shape index (κ1) is 19.7. The molecule has 0 amide bonds. The number of hydrogen-bond donors (Lipinski definition) is 3. The van der Waals surface area contributed by atoms with Gasteiger partial charge in [0.1, 0.15) is 6.54 Å². The van der Waals surface area contributed by atoms with Crippen molar-refractivity contribution in [2.24, 2.45) is 0 Å². The van der Waals surface area contributed by atoms with E-state index in [2.05, 4.69) is 21.1 Å². The second kappa shape index (κ2) is 11.2. The quantitative estimate of drug-likeness (QED) is 0.351. The number of likely N-dealkylation sites (N-methyl/N-ethyl adjacent to an activating group) is 1. The fraction of sp³-hybridized carbons (Fsp3) is 1.00. The minimum Gasteiger partial charge on any atom is -1.00 e. The second-order valence-corrected chi connectivity index (χ2v) is 4.01. The molecule has 4 nitrogen and oxygen atoms in total. The van der Waals surface area contributed by atoms with E-state index in [1.165, 1.54) is 0 Å². The monoisotopic (exact) mass is 229 g/mol. The highest BCUT2D eigenvalue weighted by molar-refractivity contribution is 4.31. The Bertz CT molecular complexity index is 105. The largest absolute Gasteiger partial charge is 1.00 e. The molecular formula is C9H24ClNO3. The lowest BCUT2D eigenvalue weighted by atomic mass is 10.3. The highest BCUT2D eigenvalue weighted by Gasteiger charge is 2.02. The van der Waals surface area contributed by atoms with Gasteiger partial charge in [0.2, 0.25) is 0 Å². The van der Waals surface area contributed by atoms with Gasteiger partial charge in [0.15, 0.2) is 6.29 Å². The smallest absolute Gasteiger partial charge is 0.151 e. The van der Waals surface area contributed by atoms with E-state index in [-0.39, 0.29) is 19.0 Å². The predicted molar refractivity (Wildman–Crippen MR) is 53.1 cm³/mol. The predicted octanol–water partition coefficient (Wildman–Crippen LogP) is -3.21. The summed E-state index contributed by atoms with van der Waals surface area (Å²) in [5.74, 6) is 0. The third kappa shape index (κ3) is 29.6. The van der Waals surface area contributed by atoms with E-state index in [1.54, 1.807) is 0 Å². The Kier molecular flexibility index (Phi) is 15.7. The molecule has 0 aliphatic carbocycles. The van der Waals surface area contributed by atoms with Crippen LogP contribution in [0.4, 0.5) is 0 Å². The van der Waals surface area contributed by atoms with Crippen LogP contribution in [-0.2, 0) is 0 Å². The minimum absolute atomic E-state index is 0. The Labute approximate surface area is 93.2 Å². The maximum atomic E-state index is 8.39. The molecule has 0 unspecified atom stereocenters. The molecule has 0 saturated carbocycles. The normalized spacial score (nSPS) is 10.3. The van der Waals surface area contributed by atoms with Gasteiger partial charge in [-0.25, -0.2) is 0 Å². The van der Waals surface area contributed by atoms with Crippen molar-refractivity contribution in [3.63, 3.8) is 0 Å². The van der Waals surface area contributed by atoms with Crippen LogP contribution in [0, 0.1) is 0 Å². The van der Waals surface area contributed by atoms with Crippen LogP contribution in [0.2, 0.25) is 0 Å². The van der Waals surface area contributed by atoms with Crippen molar-refractivity contribution in [3.8, 4) is 0 Å². The van der Waals surface area contributed by atoms with E-state index >= 15 is 0 Å². The lowest BCUT2D eigenvalue weighted by Crippen LogP contribution is -3.00. The first-order valence-electron chi connectivity index (χ1n) is 4.61. The molecule has 0 rings (SSSR count). The number of rotatable bonds is 4. The fourth-order valence-electron chi connectivity index (χ4n) is 0.558. The Hall–Kier alpha value is 0.130. The topological polar surface area (TPSA) is 60.7 Å². The van der Waals surface area contributed by atoms with Crippen LogP contribution in [0.3, 0.4) is 0 Å². The standard InChI is InChI=1S/C5H14NO.C4H10O2.ClH/c1-6(2,3)4-5-7;1-2-3-4(5)6;/h7H,4-5H2,1-3H3;4-6H,2-3H2,1H3;1H/q+1;;/p-1. The van der Waals surface area contributed by atoms with Gasteiger partial charge in [-0.1, -0.05) is 13.3 Å². The average molecular weight is 230 g/mol. The van der Waals surface area contributed by atoms with Crippen LogP contribution < -0.4 is 12.4 Å². The van der Waals surface area contributed by atoms with E-state index in [9.17, 15) is 0 Å². The van der Waals surface area contributed by atoms with Crippen molar-refractivity contribution in [2.75, 3.05) is 34.3 Å². The molecule has 0 aliphatic rings. The maximum Gasteiger partial charge on any atom is 0.151 e. The minimum atomic E-state index is -1.10. The van der Waals surface area contributed by atoms with Crippen LogP contribution in [-0.4, -0.2) is 60.4 Å². The summed E-state index contributed by atoms with van der Waals surface area (Å²) in [6.07, 6.45) is 0.215. The van der Waals surface area contributed by atoms with Crippen molar-refractivity contribution >= 4 is 0 Å². The fourth-order valence-corrected chi connectivity index (χ4v) is 0.558. The number of nitrogens with zero attached hydrogens (tertiary/aromatic N) is 1. The Morgan fingerprint density at radius 3 is 1.57 bits per heavy atom. The summed E-state index contributed by atoms with van der Waals surface area (Å²) in [5, 5.41) is 24.6. The van der Waals surface area contributed by atoms with Crippen LogP contribution in [0.5, 0.6) is 0 Å². The molecular weight excluding hydrogens is 206 g/mol. The van der Waals surface area contributed by atoms with Gasteiger partial charge >= 0.3 is 0 Å². The summed E-state index contributed by atoms with van der Waals surface area (Å²) in [6.45, 7) is 3.02. The summed E-state index contributed by atoms with van der Waals surface area (Å²) in [4.78, 5) is 0. The number of hydrogen-bond acceptors (Lipinski definition) is 3. The van der Waals surface area contributed by atoms with Gasteiger partial charge in [0.25, 0.3) is 0 Å². The van der Waals surface area contributed by atoms with Gasteiger partial charge in [0.05, 0.1) is 27.7 Å². The van der Waals surface area contributed by atoms with Crippen molar-refractivity contribution in [1.29, 1.82) is 0 Å². The summed E-state index contributed by atoms with van der Waals surface area (Å²) in [5.41, 5.74) is 0. The third-order valence-corrected chi connectivity index (χ3v) is 1.32. The number of quaternary nitrogens is 1. The second-order valence-electron chi connectivity index (χ2n) is 4.01. The maximum absolute atomic E-state index is 8.39. The molecule has 0 aliphatic heterocycles. The van der Waals surface area contributed by atoms with Crippen LogP contribution in [0.15, 0.2) is 0 Å². The SMILES string of the molecule is CCCC(O)O.C[N+](C)(C)CCO.[Cl-]. The Morgan fingerprint density at radius 2 is 1.57 bits per heavy atom. The van der Waals surface area contributed by atoms with Gasteiger partial charge < -0.3 is 32.2 Å². The van der Waals surface area contributed by atoms with Crippen molar-refractivity contribution in [1.82, 2.24) is 0 Å². The van der Waals surface area contributed by atoms with E-state index < -0.39 is 6.29 Å². The zero-order valence-electron chi connectivity index (χ0n) is 9.57. The summed E-state index contributed by atoms with van der Waals surface area (Å²) >= 11 is 0. The molecule has 0 aromatic rings. The van der Waals surface area contributed by atoms with Gasteiger partial charge in [-0.15, -0.1) is 0 Å². The number of halogens is 1. The summed E-state index contributed by atoms with van der Waals surface area (Å²) in [6, 6.07) is 0. The lowest BCUT2D eigenvalue weighted by molar-refractivity contribution is -0.870. The highest BCUT2D eigenvalue weighted by atomic mass is 35.5. The molecule has 0 spiro atoms. The molecule has 14 heavy (non-hydrogen) atoms. The average Bonchev–Trinajstić information content (AvgIpc) is 1.84. The zero-order valence-corrected chi connectivity index (χ0v) is 10.3. The van der Waals surface area contributed by atoms with Crippen LogP contribution >= 0.6 is 0 Å². The van der Waals surface area contributed by atoms with E-state index in [0.29, 0.717) is 6.42 Å². The lowest BCUT2D eigenvalue weighted by Gasteiger charge is -2.21. The van der Waals surface area contributed by atoms with Crippen molar-refractivity contribution in [2.45, 2.75) is 26.1 Å². The summed E-state index contributed by atoms with van der Waals surface area (Å²) in [7, 11) is 6.16. The van der Waals surface area contributed by atoms with E-state index in [4.69, 9.17) is 15.3 Å². The van der Waals surface area contributed by atoms with E-state index in [1.807, 2.05) is 6.92 Å². The van der Waals surface area contributed by atoms with E-state index in [0.717, 1.165) is 17.4 Å². The van der Waals surface area contributed by atoms with Crippen molar-refractivity contribution in [3.05, 3.63) is 0 Å². The van der Waals surface area contributed by atoms with Gasteiger partial charge in [0, 0.05) is 0 Å². The molecule has 0 fully saturated rings. The molecule has 0 bridgehead atoms. The summed E-state index contributed by atoms with van der Waals surface area (Å²) < 4.78 is 0.844. The molecule has 0 atom stereocenters. The first-order chi connectivity index (χ1) is 5.83. The molecule has 0 heterocycles. The zero-order chi connectivity index (χ0) is 10.9. The Balaban J connectivity index is -0.000000163. The number of aliphatic hydroxyl groups excluding tert-OH is 2. The van der Waals surface area contributed by atoms with Gasteiger partial charge in [-0.2, -0.15) is 0 Å². The first-order valence-corrected chi connectivity index (χ1v) is 4.61. The Morgan fingerprint density at radius 1 is 1.14 bits per heavy atom. The van der Waals surface area contributed by atoms with Crippen molar-refractivity contribution < 1.29 is 32.2 Å². The molecule has 0 saturated heterocycles. The van der Waals surface area contributed by atoms with Gasteiger partial charge in [-0.3, -0.25) is 0 Å². The van der Waals surface area contributed by atoms with Crippen LogP contribution in [0.1, 0.15) is 19.8 Å². The molecule has 3 N–H and O–H groups in total. The van der Waals surface area contributed by atoms with Gasteiger partial charge in [-0.05, 0) is 6.42 Å².